The van der Waals surface area contributed by atoms with E-state index in [0.29, 0.717) is 28.8 Å². The number of nitrogens with one attached hydrogen (secondary N) is 1. The van der Waals surface area contributed by atoms with Gasteiger partial charge in [0.2, 0.25) is 0 Å². The van der Waals surface area contributed by atoms with E-state index in [1.807, 2.05) is 18.4 Å². The van der Waals surface area contributed by atoms with Gasteiger partial charge in [0.1, 0.15) is 0 Å². The first-order valence-corrected chi connectivity index (χ1v) is 10.0. The fourth-order valence-electron chi connectivity index (χ4n) is 2.63. The standard InChI is InChI=1S/C22H21N3O3S/c1-4-27-20-10-16(11-23)6-8-19(20)28-12-21(26)25-22-24-18(13-29-22)17-7-5-14(2)15(3)9-17/h5-10,13H,4,12H2,1-3H3,(H,24,25,26). The molecule has 0 saturated carbocycles. The number of thiazole rings is 1. The normalized spacial score (nSPS) is 10.3. The molecule has 0 aliphatic heterocycles. The summed E-state index contributed by atoms with van der Waals surface area (Å²) in [5.74, 6) is 0.527. The van der Waals surface area contributed by atoms with Crippen LogP contribution in [0, 0.1) is 25.2 Å². The SMILES string of the molecule is CCOc1cc(C#N)ccc1OCC(=O)Nc1nc(-c2ccc(C)c(C)c2)cs1. The third kappa shape index (κ3) is 5.12. The third-order valence-corrected chi connectivity index (χ3v) is 5.04. The number of hydrogen-bond donors (Lipinski definition) is 1. The Morgan fingerprint density at radius 1 is 1.14 bits per heavy atom. The van der Waals surface area contributed by atoms with Gasteiger partial charge in [0.15, 0.2) is 23.2 Å². The van der Waals surface area contributed by atoms with Gasteiger partial charge in [-0.05, 0) is 50.1 Å². The number of benzene rings is 2. The molecule has 0 unspecified atom stereocenters. The second-order valence-electron chi connectivity index (χ2n) is 6.38. The zero-order chi connectivity index (χ0) is 20.8. The van der Waals surface area contributed by atoms with Crippen molar-refractivity contribution in [1.29, 1.82) is 5.26 Å². The molecule has 6 nitrogen and oxygen atoms in total. The summed E-state index contributed by atoms with van der Waals surface area (Å²) in [7, 11) is 0. The van der Waals surface area contributed by atoms with Crippen LogP contribution >= 0.6 is 11.3 Å². The van der Waals surface area contributed by atoms with Crippen molar-refractivity contribution < 1.29 is 14.3 Å². The molecule has 0 radical (unpaired) electrons. The van der Waals surface area contributed by atoms with Crippen molar-refractivity contribution in [2.45, 2.75) is 20.8 Å². The monoisotopic (exact) mass is 407 g/mol. The van der Waals surface area contributed by atoms with Crippen molar-refractivity contribution in [3.05, 3.63) is 58.5 Å². The minimum atomic E-state index is -0.321. The molecule has 0 saturated heterocycles. The van der Waals surface area contributed by atoms with E-state index in [9.17, 15) is 4.79 Å². The fraction of sp³-hybridized carbons (Fsp3) is 0.227. The lowest BCUT2D eigenvalue weighted by Gasteiger charge is -2.11. The summed E-state index contributed by atoms with van der Waals surface area (Å²) in [6.45, 7) is 6.20. The van der Waals surface area contributed by atoms with Crippen LogP contribution < -0.4 is 14.8 Å². The maximum Gasteiger partial charge on any atom is 0.264 e. The number of ether oxygens (including phenoxy) is 2. The van der Waals surface area contributed by atoms with Crippen LogP contribution in [0.1, 0.15) is 23.6 Å². The fourth-order valence-corrected chi connectivity index (χ4v) is 3.36. The van der Waals surface area contributed by atoms with Crippen LogP contribution in [0.2, 0.25) is 0 Å². The van der Waals surface area contributed by atoms with Gasteiger partial charge in [-0.15, -0.1) is 11.3 Å². The molecule has 0 fully saturated rings. The second kappa shape index (κ2) is 9.22. The van der Waals surface area contributed by atoms with Crippen LogP contribution in [-0.4, -0.2) is 24.1 Å². The Bertz CT molecular complexity index is 1070. The van der Waals surface area contributed by atoms with Crippen molar-refractivity contribution in [2.75, 3.05) is 18.5 Å². The van der Waals surface area contributed by atoms with Crippen LogP contribution in [0.5, 0.6) is 11.5 Å². The van der Waals surface area contributed by atoms with E-state index in [1.54, 1.807) is 18.2 Å². The molecular formula is C22H21N3O3S. The molecule has 0 aliphatic rings. The number of rotatable bonds is 7. The molecule has 1 aromatic heterocycles. The van der Waals surface area contributed by atoms with Crippen LogP contribution in [0.3, 0.4) is 0 Å². The van der Waals surface area contributed by atoms with E-state index >= 15 is 0 Å². The molecule has 0 aliphatic carbocycles. The number of hydrogen-bond acceptors (Lipinski definition) is 6. The molecule has 3 rings (SSSR count). The van der Waals surface area contributed by atoms with Crippen LogP contribution in [0.15, 0.2) is 41.8 Å². The number of nitrogens with zero attached hydrogens (tertiary/aromatic N) is 2. The van der Waals surface area contributed by atoms with Gasteiger partial charge in [0.05, 0.1) is 23.9 Å². The maximum atomic E-state index is 12.3. The Kier molecular flexibility index (Phi) is 6.47. The van der Waals surface area contributed by atoms with Crippen LogP contribution in [-0.2, 0) is 4.79 Å². The highest BCUT2D eigenvalue weighted by Gasteiger charge is 2.12. The quantitative estimate of drug-likeness (QED) is 0.613. The number of aryl methyl sites for hydroxylation is 2. The lowest BCUT2D eigenvalue weighted by atomic mass is 10.1. The van der Waals surface area contributed by atoms with Crippen LogP contribution in [0.25, 0.3) is 11.3 Å². The summed E-state index contributed by atoms with van der Waals surface area (Å²) in [6.07, 6.45) is 0. The molecule has 29 heavy (non-hydrogen) atoms. The number of carbonyl (C=O) groups excluding carboxylic acids is 1. The van der Waals surface area contributed by atoms with Crippen molar-refractivity contribution in [3.8, 4) is 28.8 Å². The number of aromatic nitrogens is 1. The molecule has 0 bridgehead atoms. The van der Waals surface area contributed by atoms with Gasteiger partial charge in [-0.2, -0.15) is 5.26 Å². The summed E-state index contributed by atoms with van der Waals surface area (Å²) in [5, 5.41) is 14.2. The van der Waals surface area contributed by atoms with Gasteiger partial charge in [-0.1, -0.05) is 12.1 Å². The summed E-state index contributed by atoms with van der Waals surface area (Å²) in [4.78, 5) is 16.7. The predicted octanol–water partition coefficient (Wildman–Crippen LogP) is 4.71. The maximum absolute atomic E-state index is 12.3. The first-order chi connectivity index (χ1) is 14.0. The molecule has 1 N–H and O–H groups in total. The Morgan fingerprint density at radius 2 is 1.97 bits per heavy atom. The Hall–Kier alpha value is -3.37. The van der Waals surface area contributed by atoms with E-state index in [1.165, 1.54) is 22.5 Å². The van der Waals surface area contributed by atoms with Crippen molar-refractivity contribution in [2.24, 2.45) is 0 Å². The molecule has 148 valence electrons. The van der Waals surface area contributed by atoms with Gasteiger partial charge in [0, 0.05) is 17.0 Å². The highest BCUT2D eigenvalue weighted by molar-refractivity contribution is 7.14. The van der Waals surface area contributed by atoms with Crippen LogP contribution in [0.4, 0.5) is 5.13 Å². The molecule has 1 heterocycles. The molecular weight excluding hydrogens is 386 g/mol. The van der Waals surface area contributed by atoms with Gasteiger partial charge in [0.25, 0.3) is 5.91 Å². The smallest absolute Gasteiger partial charge is 0.264 e. The molecule has 7 heteroatoms. The zero-order valence-corrected chi connectivity index (χ0v) is 17.3. The molecule has 0 atom stereocenters. The largest absolute Gasteiger partial charge is 0.490 e. The number of nitriles is 1. The van der Waals surface area contributed by atoms with Crippen molar-refractivity contribution in [3.63, 3.8) is 0 Å². The highest BCUT2D eigenvalue weighted by Crippen LogP contribution is 2.29. The number of amides is 1. The minimum Gasteiger partial charge on any atom is -0.490 e. The summed E-state index contributed by atoms with van der Waals surface area (Å²) >= 11 is 1.36. The minimum absolute atomic E-state index is 0.190. The van der Waals surface area contributed by atoms with Gasteiger partial charge < -0.3 is 9.47 Å². The predicted molar refractivity (Wildman–Crippen MR) is 113 cm³/mol. The van der Waals surface area contributed by atoms with E-state index in [4.69, 9.17) is 14.7 Å². The first kappa shape index (κ1) is 20.4. The Labute approximate surface area is 173 Å². The molecule has 3 aromatic rings. The first-order valence-electron chi connectivity index (χ1n) is 9.13. The Balaban J connectivity index is 1.63. The van der Waals surface area contributed by atoms with E-state index < -0.39 is 0 Å². The average Bonchev–Trinajstić information content (AvgIpc) is 3.17. The number of anilines is 1. The second-order valence-corrected chi connectivity index (χ2v) is 7.24. The van der Waals surface area contributed by atoms with E-state index in [0.717, 1.165) is 11.3 Å². The van der Waals surface area contributed by atoms with E-state index in [-0.39, 0.29) is 12.5 Å². The third-order valence-electron chi connectivity index (χ3n) is 4.28. The average molecular weight is 407 g/mol. The van der Waals surface area contributed by atoms with E-state index in [2.05, 4.69) is 42.4 Å². The molecule has 0 spiro atoms. The van der Waals surface area contributed by atoms with Gasteiger partial charge >= 0.3 is 0 Å². The zero-order valence-electron chi connectivity index (χ0n) is 16.5. The lowest BCUT2D eigenvalue weighted by Crippen LogP contribution is -2.20. The van der Waals surface area contributed by atoms with Gasteiger partial charge in [-0.3, -0.25) is 10.1 Å². The summed E-state index contributed by atoms with van der Waals surface area (Å²) in [6, 6.07) is 13.0. The highest BCUT2D eigenvalue weighted by atomic mass is 32.1. The topological polar surface area (TPSA) is 84.2 Å². The molecule has 1 amide bonds. The summed E-state index contributed by atoms with van der Waals surface area (Å²) < 4.78 is 11.1. The molecule has 2 aromatic carbocycles. The Morgan fingerprint density at radius 3 is 2.69 bits per heavy atom. The summed E-state index contributed by atoms with van der Waals surface area (Å²) in [5.41, 5.74) is 4.72. The number of carbonyl (C=O) groups is 1. The lowest BCUT2D eigenvalue weighted by molar-refractivity contribution is -0.118. The van der Waals surface area contributed by atoms with Crippen molar-refractivity contribution in [1.82, 2.24) is 4.98 Å². The van der Waals surface area contributed by atoms with Crippen molar-refractivity contribution >= 4 is 22.4 Å². The van der Waals surface area contributed by atoms with Gasteiger partial charge in [-0.25, -0.2) is 4.98 Å².